The molecule has 0 saturated heterocycles. The lowest BCUT2D eigenvalue weighted by atomic mass is 9.94. The van der Waals surface area contributed by atoms with Crippen molar-refractivity contribution in [1.29, 1.82) is 0 Å². The summed E-state index contributed by atoms with van der Waals surface area (Å²) in [6.07, 6.45) is 4.88. The maximum Gasteiger partial charge on any atom is 0.266 e. The van der Waals surface area contributed by atoms with Gasteiger partial charge >= 0.3 is 0 Å². The topological polar surface area (TPSA) is 137 Å². The lowest BCUT2D eigenvalue weighted by molar-refractivity contribution is 0.0982. The summed E-state index contributed by atoms with van der Waals surface area (Å²) in [5, 5.41) is 25.9. The van der Waals surface area contributed by atoms with Crippen LogP contribution < -0.4 is 20.1 Å². The van der Waals surface area contributed by atoms with E-state index in [0.717, 1.165) is 42.4 Å². The van der Waals surface area contributed by atoms with Crippen LogP contribution in [-0.2, 0) is 10.0 Å². The van der Waals surface area contributed by atoms with Gasteiger partial charge in [0, 0.05) is 31.4 Å². The average molecular weight is 669 g/mol. The third-order valence-electron chi connectivity index (χ3n) is 7.31. The predicted molar refractivity (Wildman–Crippen MR) is 180 cm³/mol. The largest absolute Gasteiger partial charge is 0.492 e. The highest BCUT2D eigenvalue weighted by atomic mass is 35.5. The first-order chi connectivity index (χ1) is 20.3. The van der Waals surface area contributed by atoms with Crippen molar-refractivity contribution in [2.45, 2.75) is 50.7 Å². The highest BCUT2D eigenvalue weighted by Gasteiger charge is 2.21. The van der Waals surface area contributed by atoms with E-state index in [9.17, 15) is 18.3 Å². The second-order valence-electron chi connectivity index (χ2n) is 10.6. The van der Waals surface area contributed by atoms with Gasteiger partial charge in [0.05, 0.1) is 17.4 Å². The summed E-state index contributed by atoms with van der Waals surface area (Å²) in [7, 11) is -3.85. The molecule has 0 aliphatic heterocycles. The van der Waals surface area contributed by atoms with E-state index >= 15 is 0 Å². The standard InChI is InChI=1S/C32H41N3O6S.2ClH/c36-19-7-21-42(39,40)35-32(38)29-17-14-26(22-30(29)34-27-10-5-2-6-11-27)24-12-15-28(16-13-24)41-20-18-33-23-31(37)25-8-3-1-4-9-25;;/h1,3-4,8-9,12-17,22,27,31,33-34,36-37H,2,5-7,10-11,18-21,23H2,(H,35,38);2*1H/t31-;;/m1../s1. The molecule has 3 aromatic carbocycles. The molecule has 242 valence electrons. The summed E-state index contributed by atoms with van der Waals surface area (Å²) in [6, 6.07) is 22.7. The first-order valence-electron chi connectivity index (χ1n) is 14.6. The minimum absolute atomic E-state index is 0. The molecule has 4 rings (SSSR count). The number of amides is 1. The van der Waals surface area contributed by atoms with E-state index in [1.54, 1.807) is 12.1 Å². The maximum absolute atomic E-state index is 13.0. The zero-order valence-corrected chi connectivity index (χ0v) is 27.1. The number of nitrogens with one attached hydrogen (secondary N) is 3. The molecular formula is C32H43Cl2N3O6S. The number of aliphatic hydroxyl groups excluding tert-OH is 2. The number of hydrogen-bond donors (Lipinski definition) is 5. The molecule has 44 heavy (non-hydrogen) atoms. The Hall–Kier alpha value is -2.86. The first-order valence-corrected chi connectivity index (χ1v) is 16.2. The molecular weight excluding hydrogens is 625 g/mol. The van der Waals surface area contributed by atoms with Crippen LogP contribution >= 0.6 is 24.8 Å². The minimum Gasteiger partial charge on any atom is -0.492 e. The number of benzene rings is 3. The number of aliphatic hydroxyl groups is 2. The van der Waals surface area contributed by atoms with Crippen LogP contribution in [0.3, 0.4) is 0 Å². The van der Waals surface area contributed by atoms with Gasteiger partial charge in [-0.3, -0.25) is 4.79 Å². The van der Waals surface area contributed by atoms with Crippen molar-refractivity contribution >= 4 is 46.4 Å². The van der Waals surface area contributed by atoms with Crippen LogP contribution in [0.4, 0.5) is 5.69 Å². The molecule has 1 aliphatic rings. The fourth-order valence-corrected chi connectivity index (χ4v) is 6.03. The Kier molecular flexibility index (Phi) is 16.0. The third kappa shape index (κ3) is 11.6. The van der Waals surface area contributed by atoms with E-state index in [2.05, 4.69) is 15.4 Å². The summed E-state index contributed by atoms with van der Waals surface area (Å²) in [4.78, 5) is 13.0. The van der Waals surface area contributed by atoms with E-state index in [1.807, 2.05) is 60.7 Å². The number of halogens is 2. The highest BCUT2D eigenvalue weighted by molar-refractivity contribution is 7.90. The fourth-order valence-electron chi connectivity index (χ4n) is 5.03. The molecule has 0 heterocycles. The van der Waals surface area contributed by atoms with E-state index < -0.39 is 22.0 Å². The van der Waals surface area contributed by atoms with Gasteiger partial charge in [0.15, 0.2) is 0 Å². The van der Waals surface area contributed by atoms with Crippen molar-refractivity contribution in [3.63, 3.8) is 0 Å². The molecule has 1 aliphatic carbocycles. The van der Waals surface area contributed by atoms with Gasteiger partial charge in [0.25, 0.3) is 5.91 Å². The van der Waals surface area contributed by atoms with Crippen molar-refractivity contribution < 1.29 is 28.2 Å². The Morgan fingerprint density at radius 3 is 2.30 bits per heavy atom. The van der Waals surface area contributed by atoms with Crippen LogP contribution in [0, 0.1) is 0 Å². The van der Waals surface area contributed by atoms with Crippen LogP contribution in [0.25, 0.3) is 11.1 Å². The molecule has 0 spiro atoms. The van der Waals surface area contributed by atoms with Crippen molar-refractivity contribution in [2.75, 3.05) is 37.4 Å². The van der Waals surface area contributed by atoms with Crippen molar-refractivity contribution in [3.8, 4) is 16.9 Å². The number of hydrogen-bond acceptors (Lipinski definition) is 8. The maximum atomic E-state index is 13.0. The van der Waals surface area contributed by atoms with E-state index in [0.29, 0.717) is 31.1 Å². The molecule has 0 radical (unpaired) electrons. The summed E-state index contributed by atoms with van der Waals surface area (Å²) in [6.45, 7) is 1.20. The Morgan fingerprint density at radius 2 is 1.61 bits per heavy atom. The van der Waals surface area contributed by atoms with Gasteiger partial charge in [-0.05, 0) is 60.2 Å². The lowest BCUT2D eigenvalue weighted by Gasteiger charge is -2.25. The molecule has 1 amide bonds. The van der Waals surface area contributed by atoms with Crippen molar-refractivity contribution in [2.24, 2.45) is 0 Å². The van der Waals surface area contributed by atoms with Crippen LogP contribution in [-0.4, -0.2) is 62.6 Å². The zero-order valence-electron chi connectivity index (χ0n) is 24.6. The minimum atomic E-state index is -3.85. The second-order valence-corrected chi connectivity index (χ2v) is 12.4. The number of ether oxygens (including phenoxy) is 1. The van der Waals surface area contributed by atoms with Crippen LogP contribution in [0.15, 0.2) is 72.8 Å². The Bertz CT molecular complexity index is 1390. The van der Waals surface area contributed by atoms with Gasteiger partial charge in [0.2, 0.25) is 10.0 Å². The van der Waals surface area contributed by atoms with Gasteiger partial charge in [-0.2, -0.15) is 0 Å². The van der Waals surface area contributed by atoms with Crippen LogP contribution in [0.1, 0.15) is 60.6 Å². The average Bonchev–Trinajstić information content (AvgIpc) is 3.01. The summed E-state index contributed by atoms with van der Waals surface area (Å²) < 4.78 is 32.6. The van der Waals surface area contributed by atoms with E-state index in [-0.39, 0.29) is 55.2 Å². The number of anilines is 1. The molecule has 3 aromatic rings. The molecule has 1 saturated carbocycles. The number of carbonyl (C=O) groups is 1. The monoisotopic (exact) mass is 667 g/mol. The molecule has 0 bridgehead atoms. The second kappa shape index (κ2) is 18.8. The van der Waals surface area contributed by atoms with Crippen LogP contribution in [0.2, 0.25) is 0 Å². The normalized spacial score (nSPS) is 14.0. The number of carbonyl (C=O) groups excluding carboxylic acids is 1. The molecule has 0 unspecified atom stereocenters. The molecule has 9 nitrogen and oxygen atoms in total. The molecule has 12 heteroatoms. The zero-order chi connectivity index (χ0) is 29.8. The lowest BCUT2D eigenvalue weighted by Crippen LogP contribution is -2.34. The Labute approximate surface area is 272 Å². The SMILES string of the molecule is Cl.Cl.O=C(NS(=O)(=O)CCCO)c1ccc(-c2ccc(OCCNC[C@@H](O)c3ccccc3)cc2)cc1NC1CCCCC1. The molecule has 5 N–H and O–H groups in total. The molecule has 1 atom stereocenters. The van der Waals surface area contributed by atoms with E-state index in [4.69, 9.17) is 9.84 Å². The van der Waals surface area contributed by atoms with E-state index in [1.165, 1.54) is 6.42 Å². The Morgan fingerprint density at radius 1 is 0.932 bits per heavy atom. The first kappa shape index (κ1) is 37.3. The van der Waals surface area contributed by atoms with Gasteiger partial charge < -0.3 is 25.6 Å². The predicted octanol–water partition coefficient (Wildman–Crippen LogP) is 5.09. The van der Waals surface area contributed by atoms with Gasteiger partial charge in [-0.15, -0.1) is 24.8 Å². The number of rotatable bonds is 15. The fraction of sp³-hybridized carbons (Fsp3) is 0.406. The van der Waals surface area contributed by atoms with Gasteiger partial charge in [0.1, 0.15) is 12.4 Å². The summed E-state index contributed by atoms with van der Waals surface area (Å²) >= 11 is 0. The summed E-state index contributed by atoms with van der Waals surface area (Å²) in [5.41, 5.74) is 3.55. The summed E-state index contributed by atoms with van der Waals surface area (Å²) in [5.74, 6) is -0.293. The van der Waals surface area contributed by atoms with Gasteiger partial charge in [-0.25, -0.2) is 13.1 Å². The smallest absolute Gasteiger partial charge is 0.266 e. The Balaban J connectivity index is 0.00000337. The van der Waals surface area contributed by atoms with Crippen LogP contribution in [0.5, 0.6) is 5.75 Å². The molecule has 1 fully saturated rings. The molecule has 0 aromatic heterocycles. The quantitative estimate of drug-likeness (QED) is 0.142. The van der Waals surface area contributed by atoms with Crippen molar-refractivity contribution in [1.82, 2.24) is 10.0 Å². The van der Waals surface area contributed by atoms with Crippen molar-refractivity contribution in [3.05, 3.63) is 83.9 Å². The van der Waals surface area contributed by atoms with Gasteiger partial charge in [-0.1, -0.05) is 67.8 Å². The number of sulfonamides is 1. The third-order valence-corrected chi connectivity index (χ3v) is 8.63. The highest BCUT2D eigenvalue weighted by Crippen LogP contribution is 2.30.